The van der Waals surface area contributed by atoms with Crippen LogP contribution in [0.15, 0.2) is 0 Å². The van der Waals surface area contributed by atoms with Crippen LogP contribution >= 0.6 is 0 Å². The van der Waals surface area contributed by atoms with Gasteiger partial charge in [0, 0.05) is 20.3 Å². The summed E-state index contributed by atoms with van der Waals surface area (Å²) < 4.78 is 9.76. The standard InChI is InChI=1S/C11H23NO3/c1-8(2)10(11(13)15-5)12-6-9(3)7-14-4/h8-10,12H,6-7H2,1-5H3. The predicted molar refractivity (Wildman–Crippen MR) is 59.7 cm³/mol. The largest absolute Gasteiger partial charge is 0.468 e. The van der Waals surface area contributed by atoms with Crippen LogP contribution in [-0.2, 0) is 14.3 Å². The van der Waals surface area contributed by atoms with Gasteiger partial charge in [0.2, 0.25) is 0 Å². The first-order chi connectivity index (χ1) is 7.02. The maximum Gasteiger partial charge on any atom is 0.323 e. The molecule has 0 amide bonds. The summed E-state index contributed by atoms with van der Waals surface area (Å²) in [6.45, 7) is 7.51. The van der Waals surface area contributed by atoms with Gasteiger partial charge in [-0.25, -0.2) is 0 Å². The summed E-state index contributed by atoms with van der Waals surface area (Å²) in [5.74, 6) is 0.419. The Morgan fingerprint density at radius 1 is 1.27 bits per heavy atom. The van der Waals surface area contributed by atoms with Crippen LogP contribution < -0.4 is 5.32 Å². The van der Waals surface area contributed by atoms with Gasteiger partial charge in [0.05, 0.1) is 7.11 Å². The molecule has 0 aliphatic heterocycles. The summed E-state index contributed by atoms with van der Waals surface area (Å²) >= 11 is 0. The van der Waals surface area contributed by atoms with Gasteiger partial charge in [0.25, 0.3) is 0 Å². The molecule has 0 spiro atoms. The fourth-order valence-corrected chi connectivity index (χ4v) is 1.39. The van der Waals surface area contributed by atoms with Crippen LogP contribution in [0.4, 0.5) is 0 Å². The van der Waals surface area contributed by atoms with Crippen LogP contribution in [0.5, 0.6) is 0 Å². The Bertz CT molecular complexity index is 183. The molecule has 1 N–H and O–H groups in total. The van der Waals surface area contributed by atoms with Crippen molar-refractivity contribution in [3.8, 4) is 0 Å². The third kappa shape index (κ3) is 5.74. The first kappa shape index (κ1) is 14.4. The van der Waals surface area contributed by atoms with E-state index in [9.17, 15) is 4.79 Å². The first-order valence-corrected chi connectivity index (χ1v) is 5.33. The van der Waals surface area contributed by atoms with Crippen molar-refractivity contribution >= 4 is 5.97 Å². The molecule has 0 aromatic carbocycles. The highest BCUT2D eigenvalue weighted by Crippen LogP contribution is 2.04. The zero-order valence-electron chi connectivity index (χ0n) is 10.4. The molecule has 0 saturated carbocycles. The molecule has 0 bridgehead atoms. The number of carbonyl (C=O) groups is 1. The summed E-state index contributed by atoms with van der Waals surface area (Å²) in [7, 11) is 3.09. The summed E-state index contributed by atoms with van der Waals surface area (Å²) in [5, 5.41) is 3.20. The maximum absolute atomic E-state index is 11.4. The lowest BCUT2D eigenvalue weighted by Crippen LogP contribution is -2.44. The zero-order valence-corrected chi connectivity index (χ0v) is 10.4. The van der Waals surface area contributed by atoms with Crippen LogP contribution in [0.2, 0.25) is 0 Å². The number of esters is 1. The van der Waals surface area contributed by atoms with Crippen molar-refractivity contribution in [2.45, 2.75) is 26.8 Å². The van der Waals surface area contributed by atoms with Gasteiger partial charge in [-0.05, 0) is 11.8 Å². The van der Waals surface area contributed by atoms with Gasteiger partial charge < -0.3 is 14.8 Å². The van der Waals surface area contributed by atoms with Crippen LogP contribution in [-0.4, -0.2) is 39.4 Å². The number of hydrogen-bond acceptors (Lipinski definition) is 4. The lowest BCUT2D eigenvalue weighted by molar-refractivity contribution is -0.144. The van der Waals surface area contributed by atoms with Crippen LogP contribution in [0.1, 0.15) is 20.8 Å². The lowest BCUT2D eigenvalue weighted by Gasteiger charge is -2.21. The maximum atomic E-state index is 11.4. The Morgan fingerprint density at radius 2 is 1.87 bits per heavy atom. The topological polar surface area (TPSA) is 47.6 Å². The van der Waals surface area contributed by atoms with E-state index in [1.165, 1.54) is 7.11 Å². The van der Waals surface area contributed by atoms with Gasteiger partial charge in [-0.3, -0.25) is 4.79 Å². The van der Waals surface area contributed by atoms with Crippen molar-refractivity contribution in [2.75, 3.05) is 27.4 Å². The smallest absolute Gasteiger partial charge is 0.323 e. The van der Waals surface area contributed by atoms with Crippen LogP contribution in [0, 0.1) is 11.8 Å². The van der Waals surface area contributed by atoms with E-state index >= 15 is 0 Å². The molecule has 0 rings (SSSR count). The van der Waals surface area contributed by atoms with Crippen molar-refractivity contribution in [3.05, 3.63) is 0 Å². The second-order valence-electron chi connectivity index (χ2n) is 4.21. The van der Waals surface area contributed by atoms with Crippen molar-refractivity contribution in [1.29, 1.82) is 0 Å². The van der Waals surface area contributed by atoms with E-state index in [1.807, 2.05) is 13.8 Å². The van der Waals surface area contributed by atoms with Crippen molar-refractivity contribution in [2.24, 2.45) is 11.8 Å². The van der Waals surface area contributed by atoms with Gasteiger partial charge in [-0.1, -0.05) is 20.8 Å². The molecular weight excluding hydrogens is 194 g/mol. The third-order valence-electron chi connectivity index (χ3n) is 2.26. The highest BCUT2D eigenvalue weighted by atomic mass is 16.5. The molecule has 4 heteroatoms. The molecule has 2 unspecified atom stereocenters. The summed E-state index contributed by atoms with van der Waals surface area (Å²) in [4.78, 5) is 11.4. The normalized spacial score (nSPS) is 15.1. The molecule has 2 atom stereocenters. The fourth-order valence-electron chi connectivity index (χ4n) is 1.39. The highest BCUT2D eigenvalue weighted by Gasteiger charge is 2.22. The number of methoxy groups -OCH3 is 2. The summed E-state index contributed by atoms with van der Waals surface area (Å²) in [6, 6.07) is -0.227. The average molecular weight is 217 g/mol. The fraction of sp³-hybridized carbons (Fsp3) is 0.909. The molecule has 0 aliphatic carbocycles. The molecule has 0 aromatic rings. The minimum atomic E-state index is -0.227. The van der Waals surface area contributed by atoms with Gasteiger partial charge in [0.1, 0.15) is 6.04 Å². The second kappa shape index (κ2) is 7.65. The molecule has 4 nitrogen and oxygen atoms in total. The Morgan fingerprint density at radius 3 is 2.27 bits per heavy atom. The van der Waals surface area contributed by atoms with Gasteiger partial charge >= 0.3 is 5.97 Å². The Balaban J connectivity index is 4.02. The second-order valence-corrected chi connectivity index (χ2v) is 4.21. The summed E-state index contributed by atoms with van der Waals surface area (Å²) in [6.07, 6.45) is 0. The van der Waals surface area contributed by atoms with Crippen molar-refractivity contribution in [1.82, 2.24) is 5.32 Å². The average Bonchev–Trinajstić information content (AvgIpc) is 2.17. The molecule has 15 heavy (non-hydrogen) atoms. The first-order valence-electron chi connectivity index (χ1n) is 5.33. The molecular formula is C11H23NO3. The minimum absolute atomic E-state index is 0.199. The Hall–Kier alpha value is -0.610. The van der Waals surface area contributed by atoms with E-state index in [-0.39, 0.29) is 17.9 Å². The van der Waals surface area contributed by atoms with Crippen LogP contribution in [0.25, 0.3) is 0 Å². The molecule has 0 saturated heterocycles. The van der Waals surface area contributed by atoms with Gasteiger partial charge in [-0.2, -0.15) is 0 Å². The van der Waals surface area contributed by atoms with E-state index in [4.69, 9.17) is 9.47 Å². The zero-order chi connectivity index (χ0) is 11.8. The van der Waals surface area contributed by atoms with E-state index in [1.54, 1.807) is 7.11 Å². The van der Waals surface area contributed by atoms with Crippen molar-refractivity contribution < 1.29 is 14.3 Å². The van der Waals surface area contributed by atoms with E-state index in [0.717, 1.165) is 6.54 Å². The molecule has 90 valence electrons. The predicted octanol–water partition coefficient (Wildman–Crippen LogP) is 1.06. The quantitative estimate of drug-likeness (QED) is 0.648. The SMILES string of the molecule is COCC(C)CNC(C(=O)OC)C(C)C. The Kier molecular flexibility index (Phi) is 7.34. The Labute approximate surface area is 92.3 Å². The number of carbonyl (C=O) groups excluding carboxylic acids is 1. The third-order valence-corrected chi connectivity index (χ3v) is 2.26. The van der Waals surface area contributed by atoms with E-state index < -0.39 is 0 Å². The summed E-state index contributed by atoms with van der Waals surface area (Å²) in [5.41, 5.74) is 0. The molecule has 0 aliphatic rings. The molecule has 0 radical (unpaired) electrons. The number of hydrogen-bond donors (Lipinski definition) is 1. The molecule has 0 aromatic heterocycles. The number of rotatable bonds is 7. The number of nitrogens with one attached hydrogen (secondary N) is 1. The lowest BCUT2D eigenvalue weighted by atomic mass is 10.0. The molecule has 0 fully saturated rings. The minimum Gasteiger partial charge on any atom is -0.468 e. The monoisotopic (exact) mass is 217 g/mol. The van der Waals surface area contributed by atoms with Gasteiger partial charge in [-0.15, -0.1) is 0 Å². The number of ether oxygens (including phenoxy) is 2. The van der Waals surface area contributed by atoms with Crippen LogP contribution in [0.3, 0.4) is 0 Å². The van der Waals surface area contributed by atoms with E-state index in [0.29, 0.717) is 12.5 Å². The van der Waals surface area contributed by atoms with E-state index in [2.05, 4.69) is 12.2 Å². The van der Waals surface area contributed by atoms with Gasteiger partial charge in [0.15, 0.2) is 0 Å². The van der Waals surface area contributed by atoms with Crippen molar-refractivity contribution in [3.63, 3.8) is 0 Å². The molecule has 0 heterocycles. The highest BCUT2D eigenvalue weighted by molar-refractivity contribution is 5.75.